The highest BCUT2D eigenvalue weighted by Crippen LogP contribution is 2.23. The zero-order chi connectivity index (χ0) is 15.4. The molecule has 2 aromatic heterocycles. The standard InChI is InChI=1S/C6H4O4S.C6H2O3S.CH4.H2/c7-3-10-5-2-11-1-4(5)6(8)9;7-5-3-1-10-2-4(3)6(8)9-5;;/h1-3H,(H,8,9);1-2H;1H4;1H/i;;;1+1. The molecule has 0 atom stereocenters. The van der Waals surface area contributed by atoms with Crippen molar-refractivity contribution in [1.82, 2.24) is 0 Å². The number of hydrogen-bond donors (Lipinski definition) is 1. The molecule has 0 bridgehead atoms. The van der Waals surface area contributed by atoms with Gasteiger partial charge in [0.2, 0.25) is 0 Å². The predicted molar refractivity (Wildman–Crippen MR) is 80.9 cm³/mol. The summed E-state index contributed by atoms with van der Waals surface area (Å²) in [4.78, 5) is 41.6. The molecule has 1 aliphatic rings. The van der Waals surface area contributed by atoms with Crippen molar-refractivity contribution < 1.29 is 35.2 Å². The number of fused-ring (bicyclic) bond motifs is 1. The number of cyclic esters (lactones) is 2. The van der Waals surface area contributed by atoms with Gasteiger partial charge in [-0.2, -0.15) is 11.3 Å². The number of aromatic carboxylic acids is 1. The van der Waals surface area contributed by atoms with E-state index in [4.69, 9.17) is 5.11 Å². The van der Waals surface area contributed by atoms with Crippen LogP contribution in [0.5, 0.6) is 5.75 Å². The molecular weight excluding hydrogens is 332 g/mol. The van der Waals surface area contributed by atoms with Crippen LogP contribution in [-0.4, -0.2) is 29.5 Å². The maximum Gasteiger partial charge on any atom is 0.347 e. The predicted octanol–water partition coefficient (Wildman–Crippen LogP) is 2.92. The molecule has 118 valence electrons. The molecule has 22 heavy (non-hydrogen) atoms. The molecule has 0 saturated heterocycles. The summed E-state index contributed by atoms with van der Waals surface area (Å²) >= 11 is 2.50. The van der Waals surface area contributed by atoms with Crippen molar-refractivity contribution in [2.75, 3.05) is 0 Å². The van der Waals surface area contributed by atoms with Crippen LogP contribution in [0.25, 0.3) is 0 Å². The van der Waals surface area contributed by atoms with Crippen molar-refractivity contribution in [1.29, 1.82) is 0 Å². The normalized spacial score (nSPS) is 11.5. The first kappa shape index (κ1) is 17.5. The van der Waals surface area contributed by atoms with Crippen LogP contribution in [0.1, 0.15) is 39.9 Å². The van der Waals surface area contributed by atoms with E-state index in [1.165, 1.54) is 33.4 Å². The molecule has 1 N–H and O–H groups in total. The number of carboxylic acids is 1. The lowest BCUT2D eigenvalue weighted by atomic mass is 10.2. The van der Waals surface area contributed by atoms with Gasteiger partial charge in [-0.3, -0.25) is 4.79 Å². The van der Waals surface area contributed by atoms with Crippen LogP contribution < -0.4 is 4.74 Å². The average Bonchev–Trinajstić information content (AvgIpc) is 3.12. The second-order valence-corrected chi connectivity index (χ2v) is 5.03. The summed E-state index contributed by atoms with van der Waals surface area (Å²) < 4.78 is 8.69. The second kappa shape index (κ2) is 7.48. The van der Waals surface area contributed by atoms with E-state index >= 15 is 0 Å². The molecule has 0 radical (unpaired) electrons. The molecule has 7 nitrogen and oxygen atoms in total. The molecule has 0 saturated carbocycles. The van der Waals surface area contributed by atoms with E-state index < -0.39 is 17.9 Å². The quantitative estimate of drug-likeness (QED) is 0.518. The van der Waals surface area contributed by atoms with Crippen LogP contribution >= 0.6 is 22.7 Å². The number of esters is 2. The Morgan fingerprint density at radius 3 is 2.18 bits per heavy atom. The fraction of sp³-hybridized carbons (Fsp3) is 0.0769. The number of ether oxygens (including phenoxy) is 2. The monoisotopic (exact) mass is 345 g/mol. The Kier molecular flexibility index (Phi) is 5.96. The summed E-state index contributed by atoms with van der Waals surface area (Å²) in [7, 11) is 0. The average molecular weight is 345 g/mol. The molecule has 0 aromatic carbocycles. The largest absolute Gasteiger partial charge is 0.478 e. The molecule has 9 heteroatoms. The Bertz CT molecular complexity index is 691. The number of carbonyl (C=O) groups excluding carboxylic acids is 3. The highest BCUT2D eigenvalue weighted by atomic mass is 32.1. The molecule has 2 aromatic rings. The summed E-state index contributed by atoms with van der Waals surface area (Å²) in [5.74, 6) is -2.05. The first-order valence-corrected chi connectivity index (χ1v) is 7.15. The molecule has 0 unspecified atom stereocenters. The van der Waals surface area contributed by atoms with Gasteiger partial charge in [0.05, 0.1) is 11.1 Å². The van der Waals surface area contributed by atoms with E-state index in [-0.39, 0.29) is 26.6 Å². The van der Waals surface area contributed by atoms with Crippen LogP contribution in [0.15, 0.2) is 21.5 Å². The summed E-state index contributed by atoms with van der Waals surface area (Å²) in [6.45, 7) is 0.203. The number of carboxylic acid groups (broad SMARTS) is 1. The van der Waals surface area contributed by atoms with Crippen LogP contribution in [0.4, 0.5) is 0 Å². The summed E-state index contributed by atoms with van der Waals surface area (Å²) in [6.07, 6.45) is 0. The van der Waals surface area contributed by atoms with Crippen LogP contribution in [0, 0.1) is 0 Å². The number of hydrogen-bond acceptors (Lipinski definition) is 8. The minimum absolute atomic E-state index is 0. The smallest absolute Gasteiger partial charge is 0.347 e. The summed E-state index contributed by atoms with van der Waals surface area (Å²) in [5.41, 5.74) is 0.812. The fourth-order valence-corrected chi connectivity index (χ4v) is 2.91. The van der Waals surface area contributed by atoms with Gasteiger partial charge in [-0.15, -0.1) is 11.3 Å². The highest BCUT2D eigenvalue weighted by molar-refractivity contribution is 7.08. The zero-order valence-electron chi connectivity index (χ0n) is 10.1. The number of rotatable bonds is 3. The van der Waals surface area contributed by atoms with Gasteiger partial charge in [0, 0.05) is 22.9 Å². The third kappa shape index (κ3) is 3.57. The SMILES string of the molecule is C.O=C1OC(=O)c2cscc21.O=COc1cscc1C(=O)O.[2HH]. The van der Waals surface area contributed by atoms with E-state index in [9.17, 15) is 19.2 Å². The second-order valence-electron chi connectivity index (χ2n) is 3.55. The number of carbonyl (C=O) groups is 4. The summed E-state index contributed by atoms with van der Waals surface area (Å²) in [6, 6.07) is 0. The molecule has 1 aliphatic heterocycles. The maximum atomic E-state index is 10.7. The van der Waals surface area contributed by atoms with Crippen molar-refractivity contribution in [2.45, 2.75) is 7.43 Å². The number of thiophene rings is 2. The van der Waals surface area contributed by atoms with Gasteiger partial charge in [-0.1, -0.05) is 7.43 Å². The van der Waals surface area contributed by atoms with Crippen molar-refractivity contribution in [2.24, 2.45) is 0 Å². The fourth-order valence-electron chi connectivity index (χ4n) is 1.39. The summed E-state index contributed by atoms with van der Waals surface area (Å²) in [5, 5.41) is 14.6. The van der Waals surface area contributed by atoms with Crippen LogP contribution in [0.2, 0.25) is 0 Å². The molecule has 0 aliphatic carbocycles. The van der Waals surface area contributed by atoms with Crippen molar-refractivity contribution in [3.8, 4) is 5.75 Å². The third-order valence-corrected chi connectivity index (χ3v) is 3.78. The van der Waals surface area contributed by atoms with Gasteiger partial charge in [0.25, 0.3) is 6.47 Å². The Morgan fingerprint density at radius 1 is 1.14 bits per heavy atom. The first-order chi connectivity index (χ1) is 10.0. The third-order valence-electron chi connectivity index (χ3n) is 2.32. The molecular formula is C13H12O7S2. The highest BCUT2D eigenvalue weighted by Gasteiger charge is 2.29. The molecule has 3 heterocycles. The van der Waals surface area contributed by atoms with E-state index in [0.29, 0.717) is 11.1 Å². The van der Waals surface area contributed by atoms with Gasteiger partial charge in [-0.25, -0.2) is 14.4 Å². The minimum Gasteiger partial charge on any atom is -0.478 e. The lowest BCUT2D eigenvalue weighted by Gasteiger charge is -1.93. The molecule has 0 spiro atoms. The Balaban J connectivity index is 0.000000388. The van der Waals surface area contributed by atoms with E-state index in [1.807, 2.05) is 0 Å². The van der Waals surface area contributed by atoms with Gasteiger partial charge in [0.1, 0.15) is 5.56 Å². The van der Waals surface area contributed by atoms with E-state index in [1.54, 1.807) is 10.8 Å². The lowest BCUT2D eigenvalue weighted by molar-refractivity contribution is -0.120. The van der Waals surface area contributed by atoms with Crippen molar-refractivity contribution in [3.05, 3.63) is 38.2 Å². The lowest BCUT2D eigenvalue weighted by Crippen LogP contribution is -1.98. The Labute approximate surface area is 134 Å². The topological polar surface area (TPSA) is 107 Å². The molecule has 0 fully saturated rings. The van der Waals surface area contributed by atoms with Gasteiger partial charge in [0.15, 0.2) is 5.75 Å². The maximum absolute atomic E-state index is 10.7. The van der Waals surface area contributed by atoms with E-state index in [2.05, 4.69) is 9.47 Å². The molecule has 3 rings (SSSR count). The van der Waals surface area contributed by atoms with Gasteiger partial charge >= 0.3 is 17.9 Å². The first-order valence-electron chi connectivity index (χ1n) is 5.27. The Morgan fingerprint density at radius 2 is 1.68 bits per heavy atom. The van der Waals surface area contributed by atoms with Gasteiger partial charge < -0.3 is 14.6 Å². The zero-order valence-corrected chi connectivity index (χ0v) is 11.7. The van der Waals surface area contributed by atoms with E-state index in [0.717, 1.165) is 0 Å². The Hall–Kier alpha value is -2.52. The van der Waals surface area contributed by atoms with Gasteiger partial charge in [-0.05, 0) is 0 Å². The van der Waals surface area contributed by atoms with Crippen LogP contribution in [0.3, 0.4) is 0 Å². The molecule has 0 amide bonds. The minimum atomic E-state index is -1.09. The van der Waals surface area contributed by atoms with Crippen molar-refractivity contribution >= 4 is 47.1 Å². The van der Waals surface area contributed by atoms with Crippen molar-refractivity contribution in [3.63, 3.8) is 0 Å². The van der Waals surface area contributed by atoms with Crippen LogP contribution in [-0.2, 0) is 9.53 Å².